The molecule has 18 heteroatoms. The molecule has 17 nitrogen and oxygen atoms in total. The Morgan fingerprint density at radius 1 is 0.700 bits per heavy atom. The van der Waals surface area contributed by atoms with Crippen molar-refractivity contribution < 1.29 is 83.7 Å². The monoisotopic (exact) mass is 835 g/mol. The summed E-state index contributed by atoms with van der Waals surface area (Å²) in [6.45, 7) is 0. The van der Waals surface area contributed by atoms with Crippen molar-refractivity contribution in [2.45, 2.75) is 86.4 Å². The molecular formula is C42H42FNO16. The number of para-hydroxylation sites is 1. The second kappa shape index (κ2) is 17.6. The lowest BCUT2D eigenvalue weighted by Gasteiger charge is -2.48. The Labute approximate surface area is 340 Å². The van der Waals surface area contributed by atoms with Gasteiger partial charge in [0.2, 0.25) is 12.2 Å². The summed E-state index contributed by atoms with van der Waals surface area (Å²) in [6.07, 6.45) is -20.6. The molecule has 318 valence electrons. The molecule has 3 heterocycles. The van der Waals surface area contributed by atoms with Gasteiger partial charge in [0, 0.05) is 11.3 Å². The molecule has 13 atom stereocenters. The Morgan fingerprint density at radius 2 is 1.30 bits per heavy atom. The fraction of sp³-hybridized carbons (Fsp3) is 0.357. The van der Waals surface area contributed by atoms with Crippen LogP contribution < -0.4 is 9.64 Å². The highest BCUT2D eigenvalue weighted by atomic mass is 19.1. The van der Waals surface area contributed by atoms with Crippen LogP contribution in [-0.2, 0) is 28.6 Å². The van der Waals surface area contributed by atoms with E-state index in [-0.39, 0.29) is 30.2 Å². The Kier molecular flexibility index (Phi) is 12.5. The molecule has 1 amide bonds. The van der Waals surface area contributed by atoms with E-state index in [2.05, 4.69) is 0 Å². The molecule has 0 radical (unpaired) electrons. The lowest BCUT2D eigenvalue weighted by atomic mass is 9.77. The van der Waals surface area contributed by atoms with E-state index >= 15 is 0 Å². The molecule has 9 N–H and O–H groups in total. The molecular weight excluding hydrogens is 793 g/mol. The molecule has 0 unspecified atom stereocenters. The van der Waals surface area contributed by atoms with Gasteiger partial charge in [-0.2, -0.15) is 0 Å². The molecule has 0 spiro atoms. The number of anilines is 1. The number of carbonyl (C=O) groups is 3. The van der Waals surface area contributed by atoms with E-state index in [0.29, 0.717) is 27.9 Å². The lowest BCUT2D eigenvalue weighted by molar-refractivity contribution is -0.306. The number of phenolic OH excluding ortho intramolecular Hbond substituents is 1. The number of rotatable bonds is 13. The van der Waals surface area contributed by atoms with Gasteiger partial charge in [-0.3, -0.25) is 4.79 Å². The summed E-state index contributed by atoms with van der Waals surface area (Å²) in [5.74, 6) is -5.21. The third kappa shape index (κ3) is 8.42. The number of β-lactam (4-membered cyclic amide) rings is 1. The maximum atomic E-state index is 14.2. The third-order valence-electron chi connectivity index (χ3n) is 10.9. The number of amides is 1. The number of carboxylic acids is 2. The zero-order chi connectivity index (χ0) is 43.0. The minimum absolute atomic E-state index is 0.00747. The van der Waals surface area contributed by atoms with E-state index in [1.54, 1.807) is 54.6 Å². The smallest absolute Gasteiger partial charge is 0.335 e. The number of hydrogen-bond acceptors (Lipinski definition) is 14. The van der Waals surface area contributed by atoms with Crippen LogP contribution >= 0.6 is 0 Å². The van der Waals surface area contributed by atoms with Crippen molar-refractivity contribution in [2.24, 2.45) is 5.92 Å². The average Bonchev–Trinajstić information content (AvgIpc) is 3.23. The highest BCUT2D eigenvalue weighted by molar-refractivity contribution is 6.03. The number of aromatic hydroxyl groups is 1. The first-order valence-electron chi connectivity index (χ1n) is 18.9. The number of nitrogens with zero attached hydrogens (tertiary/aromatic N) is 1. The number of aliphatic hydroxyl groups excluding tert-OH is 6. The number of hydrogen-bond donors (Lipinski definition) is 9. The summed E-state index contributed by atoms with van der Waals surface area (Å²) in [6, 6.07) is 23.8. The topological polar surface area (TPSA) is 273 Å². The van der Waals surface area contributed by atoms with Crippen LogP contribution in [0.4, 0.5) is 10.1 Å². The molecule has 0 aliphatic carbocycles. The van der Waals surface area contributed by atoms with E-state index < -0.39 is 97.2 Å². The zero-order valence-electron chi connectivity index (χ0n) is 31.4. The van der Waals surface area contributed by atoms with Gasteiger partial charge in [0.1, 0.15) is 53.9 Å². The summed E-state index contributed by atoms with van der Waals surface area (Å²) in [4.78, 5) is 39.5. The van der Waals surface area contributed by atoms with Crippen LogP contribution in [0.15, 0.2) is 97.1 Å². The summed E-state index contributed by atoms with van der Waals surface area (Å²) in [7, 11) is 0. The molecule has 0 aromatic heterocycles. The van der Waals surface area contributed by atoms with E-state index in [1.807, 2.05) is 0 Å². The van der Waals surface area contributed by atoms with Crippen LogP contribution in [-0.4, -0.2) is 125 Å². The maximum absolute atomic E-state index is 14.2. The van der Waals surface area contributed by atoms with Crippen molar-refractivity contribution in [2.75, 3.05) is 4.90 Å². The Bertz CT molecular complexity index is 2180. The van der Waals surface area contributed by atoms with Crippen LogP contribution in [0, 0.1) is 11.7 Å². The zero-order valence-corrected chi connectivity index (χ0v) is 31.4. The maximum Gasteiger partial charge on any atom is 0.335 e. The summed E-state index contributed by atoms with van der Waals surface area (Å²) < 4.78 is 37.2. The van der Waals surface area contributed by atoms with Gasteiger partial charge in [-0.15, -0.1) is 0 Å². The number of aliphatic carboxylic acids is 2. The van der Waals surface area contributed by atoms with Crippen molar-refractivity contribution in [1.29, 1.82) is 0 Å². The Balaban J connectivity index is 1.26. The number of phenols is 1. The van der Waals surface area contributed by atoms with Crippen LogP contribution in [0.2, 0.25) is 0 Å². The van der Waals surface area contributed by atoms with E-state index in [0.717, 1.165) is 12.1 Å². The second-order valence-electron chi connectivity index (χ2n) is 14.7. The van der Waals surface area contributed by atoms with Crippen molar-refractivity contribution >= 4 is 23.5 Å². The summed E-state index contributed by atoms with van der Waals surface area (Å²) in [5.41, 5.74) is 2.12. The molecule has 60 heavy (non-hydrogen) atoms. The number of carbonyl (C=O) groups excluding carboxylic acids is 1. The average molecular weight is 836 g/mol. The van der Waals surface area contributed by atoms with E-state index in [4.69, 9.17) is 18.9 Å². The first-order valence-corrected chi connectivity index (χ1v) is 18.9. The Morgan fingerprint density at radius 3 is 1.92 bits per heavy atom. The van der Waals surface area contributed by atoms with Crippen molar-refractivity contribution in [1.82, 2.24) is 0 Å². The molecule has 3 aliphatic heterocycles. The molecule has 3 fully saturated rings. The van der Waals surface area contributed by atoms with Gasteiger partial charge >= 0.3 is 11.9 Å². The van der Waals surface area contributed by atoms with E-state index in [1.165, 1.54) is 35.2 Å². The largest absolute Gasteiger partial charge is 0.508 e. The highest BCUT2D eigenvalue weighted by Crippen LogP contribution is 2.50. The highest BCUT2D eigenvalue weighted by Gasteiger charge is 2.52. The predicted molar refractivity (Wildman–Crippen MR) is 202 cm³/mol. The van der Waals surface area contributed by atoms with Crippen molar-refractivity contribution in [3.05, 3.63) is 114 Å². The standard InChI is InChI=1S/C42H42FNO16/c43-22-12-9-19(10-13-22)27(57-41-34(50)30(46)32(48)36(59-41)39(53)54)16-15-26-29(44(38(26)52)23-6-2-1-3-7-23)25-14-11-21(20-5-4-8-24(45)17-20)18-28(25)58-42-35(51)31(47)33(49)37(60-42)40(55)56/h1-14,17-18,26-27,29-37,41-42,45-51H,15-16H2,(H,53,54)(H,55,56)/t26-,27+,29-,30+,31+,32+,33+,34-,35-,36+,37+,41-,42-/m1/s1. The predicted octanol–water partition coefficient (Wildman–Crippen LogP) is 1.60. The van der Waals surface area contributed by atoms with Gasteiger partial charge < -0.3 is 69.8 Å². The number of ether oxygens (including phenoxy) is 4. The molecule has 3 saturated heterocycles. The normalized spacial score (nSPS) is 30.9. The fourth-order valence-electron chi connectivity index (χ4n) is 7.73. The van der Waals surface area contributed by atoms with Gasteiger partial charge in [0.05, 0.1) is 18.1 Å². The summed E-state index contributed by atoms with van der Waals surface area (Å²) >= 11 is 0. The lowest BCUT2D eigenvalue weighted by Crippen LogP contribution is -2.61. The molecule has 4 aromatic carbocycles. The first-order chi connectivity index (χ1) is 28.6. The number of benzene rings is 4. The third-order valence-corrected chi connectivity index (χ3v) is 10.9. The van der Waals surface area contributed by atoms with Crippen molar-refractivity contribution in [3.8, 4) is 22.6 Å². The molecule has 0 saturated carbocycles. The van der Waals surface area contributed by atoms with Crippen LogP contribution in [0.1, 0.15) is 36.1 Å². The van der Waals surface area contributed by atoms with Gasteiger partial charge in [-0.05, 0) is 72.0 Å². The molecule has 3 aliphatic rings. The van der Waals surface area contributed by atoms with Crippen molar-refractivity contribution in [3.63, 3.8) is 0 Å². The Hall–Kier alpha value is -5.54. The number of carboxylic acid groups (broad SMARTS) is 2. The minimum Gasteiger partial charge on any atom is -0.508 e. The molecule has 7 rings (SSSR count). The molecule has 4 aromatic rings. The van der Waals surface area contributed by atoms with Gasteiger partial charge in [-0.25, -0.2) is 14.0 Å². The minimum atomic E-state index is -2.00. The second-order valence-corrected chi connectivity index (χ2v) is 14.7. The van der Waals surface area contributed by atoms with Crippen LogP contribution in [0.25, 0.3) is 11.1 Å². The van der Waals surface area contributed by atoms with Gasteiger partial charge in [0.25, 0.3) is 0 Å². The SMILES string of the molecule is O=C(O)[C@H]1O[C@@H](Oc2cc(-c3cccc(O)c3)ccc2[C@@H]2[C@@H](CC[C@H](O[C@@H]3O[C@H](C(=O)O)[C@@H](O)[C@H](O)[C@H]3O)c3ccc(F)cc3)C(=O)N2c2ccccc2)[C@H](O)[C@@H](O)[C@@H]1O. The first kappa shape index (κ1) is 42.6. The quantitative estimate of drug-likeness (QED) is 0.0866. The van der Waals surface area contributed by atoms with Crippen LogP contribution in [0.3, 0.4) is 0 Å². The number of halogens is 1. The fourth-order valence-corrected chi connectivity index (χ4v) is 7.73. The van der Waals surface area contributed by atoms with Gasteiger partial charge in [-0.1, -0.05) is 54.6 Å². The molecule has 0 bridgehead atoms. The summed E-state index contributed by atoms with van der Waals surface area (Å²) in [5, 5.41) is 92.9. The number of aliphatic hydroxyl groups is 6. The van der Waals surface area contributed by atoms with Gasteiger partial charge in [0.15, 0.2) is 18.5 Å². The van der Waals surface area contributed by atoms with E-state index in [9.17, 15) is 64.7 Å². The van der Waals surface area contributed by atoms with Crippen LogP contribution in [0.5, 0.6) is 11.5 Å².